The molecule has 22 heavy (non-hydrogen) atoms. The Hall–Kier alpha value is -1.65. The van der Waals surface area contributed by atoms with E-state index in [1.54, 1.807) is 0 Å². The molecule has 0 radical (unpaired) electrons. The van der Waals surface area contributed by atoms with Crippen LogP contribution in [0.25, 0.3) is 0 Å². The number of rotatable bonds is 5. The molecule has 0 amide bonds. The fraction of sp³-hybridized carbons (Fsp3) is 0.500. The minimum atomic E-state index is -4.86. The maximum atomic E-state index is 14.2. The van der Waals surface area contributed by atoms with Crippen LogP contribution < -0.4 is 11.2 Å². The fourth-order valence-electron chi connectivity index (χ4n) is 1.98. The first kappa shape index (κ1) is 16.7. The van der Waals surface area contributed by atoms with Gasteiger partial charge in [0.25, 0.3) is 5.56 Å². The number of ether oxygens (including phenoxy) is 1. The van der Waals surface area contributed by atoms with E-state index in [1.807, 2.05) is 4.98 Å². The molecule has 1 aliphatic rings. The summed E-state index contributed by atoms with van der Waals surface area (Å²) < 4.78 is 34.6. The van der Waals surface area contributed by atoms with Crippen molar-refractivity contribution in [1.29, 1.82) is 0 Å². The molecular formula is C10H12FN2O8P. The number of phosphoric ester groups is 1. The van der Waals surface area contributed by atoms with Crippen LogP contribution in [0, 0.1) is 0 Å². The number of carbonyl (C=O) groups excluding carboxylic acids is 1. The van der Waals surface area contributed by atoms with Gasteiger partial charge >= 0.3 is 13.5 Å². The van der Waals surface area contributed by atoms with Crippen molar-refractivity contribution in [2.45, 2.75) is 24.9 Å². The molecule has 0 aliphatic carbocycles. The zero-order valence-corrected chi connectivity index (χ0v) is 11.9. The van der Waals surface area contributed by atoms with Crippen molar-refractivity contribution in [3.05, 3.63) is 32.6 Å². The number of aromatic nitrogens is 2. The summed E-state index contributed by atoms with van der Waals surface area (Å²) in [5.41, 5.74) is -2.13. The number of nitrogens with one attached hydrogen (secondary N) is 1. The van der Waals surface area contributed by atoms with E-state index in [4.69, 9.17) is 14.5 Å². The molecule has 0 aromatic carbocycles. The first-order chi connectivity index (χ1) is 10.1. The zero-order chi connectivity index (χ0) is 16.5. The Labute approximate surface area is 121 Å². The molecule has 1 fully saturated rings. The average Bonchev–Trinajstić information content (AvgIpc) is 2.79. The van der Waals surface area contributed by atoms with Gasteiger partial charge in [-0.25, -0.2) is 13.8 Å². The lowest BCUT2D eigenvalue weighted by Gasteiger charge is -2.21. The average molecular weight is 338 g/mol. The molecule has 0 spiro atoms. The van der Waals surface area contributed by atoms with E-state index in [0.717, 1.165) is 10.8 Å². The molecule has 0 unspecified atom stereocenters. The van der Waals surface area contributed by atoms with Crippen LogP contribution in [-0.4, -0.2) is 38.1 Å². The molecule has 0 saturated carbocycles. The number of aromatic amines is 1. The molecule has 1 aromatic heterocycles. The lowest BCUT2D eigenvalue weighted by Crippen LogP contribution is -2.35. The third kappa shape index (κ3) is 3.76. The summed E-state index contributed by atoms with van der Waals surface area (Å²) in [6, 6.07) is 0. The van der Waals surface area contributed by atoms with Crippen molar-refractivity contribution < 1.29 is 32.8 Å². The smallest absolute Gasteiger partial charge is 0.320 e. The van der Waals surface area contributed by atoms with Crippen LogP contribution in [0.4, 0.5) is 4.39 Å². The Bertz CT molecular complexity index is 739. The van der Waals surface area contributed by atoms with Crippen molar-refractivity contribution in [2.75, 3.05) is 6.61 Å². The lowest BCUT2D eigenvalue weighted by atomic mass is 10.2. The number of aldehydes is 1. The summed E-state index contributed by atoms with van der Waals surface area (Å²) in [5, 5.41) is 0. The van der Waals surface area contributed by atoms with Crippen molar-refractivity contribution in [1.82, 2.24) is 9.55 Å². The second kappa shape index (κ2) is 5.86. The van der Waals surface area contributed by atoms with E-state index in [0.29, 0.717) is 0 Å². The summed E-state index contributed by atoms with van der Waals surface area (Å²) in [5.74, 6) is -2.50. The van der Waals surface area contributed by atoms with Gasteiger partial charge in [-0.3, -0.25) is 23.7 Å². The summed E-state index contributed by atoms with van der Waals surface area (Å²) in [4.78, 5) is 52.6. The van der Waals surface area contributed by atoms with Gasteiger partial charge in [0, 0.05) is 12.6 Å². The van der Waals surface area contributed by atoms with Crippen molar-refractivity contribution in [2.24, 2.45) is 0 Å². The quantitative estimate of drug-likeness (QED) is 0.478. The number of alkyl halides is 1. The van der Waals surface area contributed by atoms with Crippen molar-refractivity contribution >= 4 is 14.1 Å². The van der Waals surface area contributed by atoms with E-state index in [9.17, 15) is 23.3 Å². The van der Waals surface area contributed by atoms with Gasteiger partial charge in [0.15, 0.2) is 6.29 Å². The van der Waals surface area contributed by atoms with Crippen molar-refractivity contribution in [3.8, 4) is 0 Å². The predicted molar refractivity (Wildman–Crippen MR) is 67.9 cm³/mol. The Morgan fingerprint density at radius 3 is 2.86 bits per heavy atom. The number of hydrogen-bond donors (Lipinski definition) is 3. The highest BCUT2D eigenvalue weighted by Gasteiger charge is 2.43. The van der Waals surface area contributed by atoms with Gasteiger partial charge in [-0.2, -0.15) is 0 Å². The van der Waals surface area contributed by atoms with Crippen LogP contribution in [0.5, 0.6) is 0 Å². The van der Waals surface area contributed by atoms with Crippen LogP contribution in [0.15, 0.2) is 15.8 Å². The number of hydrogen-bond acceptors (Lipinski definition) is 6. The van der Waals surface area contributed by atoms with Gasteiger partial charge in [0.05, 0.1) is 5.56 Å². The number of phosphoric acid groups is 1. The molecule has 3 N–H and O–H groups in total. The minimum absolute atomic E-state index is 0.0226. The monoisotopic (exact) mass is 338 g/mol. The van der Waals surface area contributed by atoms with Gasteiger partial charge in [0.2, 0.25) is 5.85 Å². The molecule has 1 aromatic rings. The highest BCUT2D eigenvalue weighted by atomic mass is 31.2. The summed E-state index contributed by atoms with van der Waals surface area (Å²) in [7, 11) is -4.86. The van der Waals surface area contributed by atoms with Crippen molar-refractivity contribution in [3.63, 3.8) is 0 Å². The van der Waals surface area contributed by atoms with Gasteiger partial charge in [-0.1, -0.05) is 0 Å². The second-order valence-electron chi connectivity index (χ2n) is 4.63. The largest absolute Gasteiger partial charge is 0.469 e. The maximum Gasteiger partial charge on any atom is 0.469 e. The molecule has 0 bridgehead atoms. The van der Waals surface area contributed by atoms with Crippen LogP contribution >= 0.6 is 7.82 Å². The molecule has 2 atom stereocenters. The number of carbonyl (C=O) groups is 1. The Morgan fingerprint density at radius 1 is 1.59 bits per heavy atom. The minimum Gasteiger partial charge on any atom is -0.320 e. The van der Waals surface area contributed by atoms with E-state index < -0.39 is 37.8 Å². The molecule has 2 rings (SSSR count). The molecule has 1 saturated heterocycles. The molecule has 2 heterocycles. The summed E-state index contributed by atoms with van der Waals surface area (Å²) >= 11 is 0. The lowest BCUT2D eigenvalue weighted by molar-refractivity contribution is -0.175. The van der Waals surface area contributed by atoms with E-state index in [-0.39, 0.29) is 24.7 Å². The second-order valence-corrected chi connectivity index (χ2v) is 5.87. The van der Waals surface area contributed by atoms with Crippen LogP contribution in [0.1, 0.15) is 29.4 Å². The number of H-pyrrole nitrogens is 1. The zero-order valence-electron chi connectivity index (χ0n) is 11.0. The predicted octanol–water partition coefficient (Wildman–Crippen LogP) is -0.567. The van der Waals surface area contributed by atoms with Gasteiger partial charge in [-0.05, 0) is 6.42 Å². The summed E-state index contributed by atoms with van der Waals surface area (Å²) in [6.07, 6.45) is -0.309. The van der Waals surface area contributed by atoms with Gasteiger partial charge < -0.3 is 14.5 Å². The molecule has 1 aliphatic heterocycles. The Balaban J connectivity index is 2.20. The molecule has 122 valence electrons. The standard InChI is InChI=1S/C10H12FN2O8P/c11-10(5-20-22(17,18)19)2-1-7(21-10)13-3-6(4-14)8(15)12-9(13)16/h3-4,7H,1-2,5H2,(H,12,15,16)(H2,17,18,19)/t7-,10+/m1/s1. The normalized spacial score (nSPS) is 25.3. The van der Waals surface area contributed by atoms with Crippen LogP contribution in [-0.2, 0) is 13.8 Å². The SMILES string of the molecule is O=Cc1cn([C@H]2CC[C@@](F)(COP(=O)(O)O)O2)c(=O)[nH]c1=O. The topological polar surface area (TPSA) is 148 Å². The fourth-order valence-corrected chi connectivity index (χ4v) is 2.34. The molecule has 10 nitrogen and oxygen atoms in total. The third-order valence-corrected chi connectivity index (χ3v) is 3.46. The van der Waals surface area contributed by atoms with Crippen LogP contribution in [0.2, 0.25) is 0 Å². The maximum absolute atomic E-state index is 14.2. The number of halogens is 1. The first-order valence-electron chi connectivity index (χ1n) is 6.01. The molecular weight excluding hydrogens is 326 g/mol. The molecule has 12 heteroatoms. The Morgan fingerprint density at radius 2 is 2.27 bits per heavy atom. The summed E-state index contributed by atoms with van der Waals surface area (Å²) in [6.45, 7) is -1.02. The van der Waals surface area contributed by atoms with E-state index in [1.165, 1.54) is 0 Å². The van der Waals surface area contributed by atoms with Crippen LogP contribution in [0.3, 0.4) is 0 Å². The van der Waals surface area contributed by atoms with Gasteiger partial charge in [0.1, 0.15) is 12.8 Å². The Kier molecular flexibility index (Phi) is 4.45. The van der Waals surface area contributed by atoms with E-state index in [2.05, 4.69) is 4.52 Å². The van der Waals surface area contributed by atoms with Gasteiger partial charge in [-0.15, -0.1) is 0 Å². The van der Waals surface area contributed by atoms with E-state index >= 15 is 0 Å². The third-order valence-electron chi connectivity index (χ3n) is 2.99. The first-order valence-corrected chi connectivity index (χ1v) is 7.54. The highest BCUT2D eigenvalue weighted by Crippen LogP contribution is 2.42. The highest BCUT2D eigenvalue weighted by molar-refractivity contribution is 7.46. The number of nitrogens with zero attached hydrogens (tertiary/aromatic N) is 1.